The molecule has 1 fully saturated rings. The van der Waals surface area contributed by atoms with E-state index in [-0.39, 0.29) is 0 Å². The van der Waals surface area contributed by atoms with E-state index >= 15 is 0 Å². The minimum absolute atomic E-state index is 0.537. The Morgan fingerprint density at radius 3 is 2.82 bits per heavy atom. The molecule has 3 heterocycles. The van der Waals surface area contributed by atoms with Crippen LogP contribution in [0.5, 0.6) is 0 Å². The summed E-state index contributed by atoms with van der Waals surface area (Å²) in [5.41, 5.74) is 2.61. The van der Waals surface area contributed by atoms with Gasteiger partial charge in [-0.3, -0.25) is 4.67 Å². The molecule has 1 aromatic heterocycles. The highest BCUT2D eigenvalue weighted by Crippen LogP contribution is 2.44. The van der Waals surface area contributed by atoms with E-state index in [1.165, 1.54) is 17.1 Å². The summed E-state index contributed by atoms with van der Waals surface area (Å²) in [5, 5.41) is 0.537. The number of hydrogen-bond acceptors (Lipinski definition) is 5. The largest absolute Gasteiger partial charge is 0.354 e. The van der Waals surface area contributed by atoms with Crippen LogP contribution in [0.2, 0.25) is 0 Å². The topological polar surface area (TPSA) is 32.3 Å². The number of rotatable bonds is 1. The highest BCUT2D eigenvalue weighted by Gasteiger charge is 2.28. The molecule has 0 amide bonds. The van der Waals surface area contributed by atoms with Gasteiger partial charge in [-0.15, -0.1) is 11.8 Å². The van der Waals surface area contributed by atoms with Gasteiger partial charge in [-0.05, 0) is 6.92 Å². The zero-order valence-corrected chi connectivity index (χ0v) is 11.9. The summed E-state index contributed by atoms with van der Waals surface area (Å²) < 4.78 is 2.29. The molecule has 1 saturated heterocycles. The van der Waals surface area contributed by atoms with Crippen LogP contribution in [0.15, 0.2) is 6.33 Å². The van der Waals surface area contributed by atoms with Gasteiger partial charge in [-0.2, -0.15) is 0 Å². The Bertz CT molecular complexity index is 420. The summed E-state index contributed by atoms with van der Waals surface area (Å²) in [5.74, 6) is 2.21. The standard InChI is InChI=1S/C11H17N4PS/c1-8-10-9(6-17-8)12-7-13-11(10)14-2-4-15(16)5-3-14/h7-8H,2-6,16H2,1H3/t8-/m1/s1. The lowest BCUT2D eigenvalue weighted by atomic mass is 10.1. The summed E-state index contributed by atoms with van der Waals surface area (Å²) in [7, 11) is 2.78. The van der Waals surface area contributed by atoms with Crippen molar-refractivity contribution in [1.82, 2.24) is 14.6 Å². The van der Waals surface area contributed by atoms with Gasteiger partial charge in [-0.25, -0.2) is 9.97 Å². The molecule has 1 unspecified atom stereocenters. The molecular formula is C11H17N4PS. The number of nitrogens with zero attached hydrogens (tertiary/aromatic N) is 4. The van der Waals surface area contributed by atoms with Gasteiger partial charge in [-0.1, -0.05) is 9.39 Å². The van der Waals surface area contributed by atoms with Crippen molar-refractivity contribution >= 4 is 27.0 Å². The molecule has 2 aliphatic heterocycles. The summed E-state index contributed by atoms with van der Waals surface area (Å²) in [6.07, 6.45) is 1.72. The molecule has 0 radical (unpaired) electrons. The van der Waals surface area contributed by atoms with E-state index in [1.807, 2.05) is 11.8 Å². The Hall–Kier alpha value is -0.380. The van der Waals surface area contributed by atoms with E-state index in [4.69, 9.17) is 0 Å². The first-order valence-corrected chi connectivity index (χ1v) is 7.52. The number of anilines is 1. The fraction of sp³-hybridized carbons (Fsp3) is 0.636. The highest BCUT2D eigenvalue weighted by molar-refractivity contribution is 7.99. The van der Waals surface area contributed by atoms with Gasteiger partial charge in [0.25, 0.3) is 0 Å². The Balaban J connectivity index is 1.91. The normalized spacial score (nSPS) is 25.1. The molecule has 4 nitrogen and oxygen atoms in total. The lowest BCUT2D eigenvalue weighted by Gasteiger charge is -2.34. The predicted octanol–water partition coefficient (Wildman–Crippen LogP) is 1.70. The van der Waals surface area contributed by atoms with Crippen molar-refractivity contribution in [3.8, 4) is 0 Å². The van der Waals surface area contributed by atoms with E-state index in [2.05, 4.69) is 35.9 Å². The molecule has 0 aromatic carbocycles. The van der Waals surface area contributed by atoms with Gasteiger partial charge in [0.15, 0.2) is 0 Å². The number of piperazine rings is 1. The van der Waals surface area contributed by atoms with Crippen molar-refractivity contribution in [2.75, 3.05) is 31.1 Å². The van der Waals surface area contributed by atoms with Crippen LogP contribution in [0.1, 0.15) is 23.4 Å². The minimum Gasteiger partial charge on any atom is -0.354 e. The quantitative estimate of drug-likeness (QED) is 0.724. The van der Waals surface area contributed by atoms with Crippen molar-refractivity contribution in [1.29, 1.82) is 0 Å². The van der Waals surface area contributed by atoms with Crippen LogP contribution in [0.25, 0.3) is 0 Å². The van der Waals surface area contributed by atoms with Crippen LogP contribution in [-0.4, -0.2) is 40.8 Å². The third kappa shape index (κ3) is 2.16. The minimum atomic E-state index is 0.537. The first kappa shape index (κ1) is 11.7. The molecule has 92 valence electrons. The average Bonchev–Trinajstić information content (AvgIpc) is 2.73. The van der Waals surface area contributed by atoms with Crippen molar-refractivity contribution in [2.24, 2.45) is 0 Å². The van der Waals surface area contributed by atoms with E-state index in [1.54, 1.807) is 6.33 Å². The fourth-order valence-corrected chi connectivity index (χ4v) is 3.70. The van der Waals surface area contributed by atoms with Crippen molar-refractivity contribution < 1.29 is 0 Å². The lowest BCUT2D eigenvalue weighted by Crippen LogP contribution is -2.43. The summed E-state index contributed by atoms with van der Waals surface area (Å²) in [6.45, 7) is 6.56. The molecule has 2 aliphatic rings. The molecule has 2 atom stereocenters. The average molecular weight is 268 g/mol. The maximum Gasteiger partial charge on any atom is 0.136 e. The van der Waals surface area contributed by atoms with Gasteiger partial charge in [0.2, 0.25) is 0 Å². The van der Waals surface area contributed by atoms with Crippen LogP contribution in [-0.2, 0) is 5.75 Å². The first-order valence-electron chi connectivity index (χ1n) is 5.95. The third-order valence-corrected chi connectivity index (χ3v) is 5.13. The molecule has 1 aromatic rings. The van der Waals surface area contributed by atoms with Gasteiger partial charge in [0, 0.05) is 42.7 Å². The van der Waals surface area contributed by atoms with Crippen LogP contribution in [0.3, 0.4) is 0 Å². The smallest absolute Gasteiger partial charge is 0.136 e. The second-order valence-corrected chi connectivity index (χ2v) is 6.59. The molecule has 0 N–H and O–H groups in total. The number of hydrogen-bond donors (Lipinski definition) is 0. The molecule has 0 aliphatic carbocycles. The molecule has 3 rings (SSSR count). The van der Waals surface area contributed by atoms with Crippen molar-refractivity contribution in [2.45, 2.75) is 17.9 Å². The lowest BCUT2D eigenvalue weighted by molar-refractivity contribution is 0.426. The predicted molar refractivity (Wildman–Crippen MR) is 75.2 cm³/mol. The Morgan fingerprint density at radius 1 is 1.29 bits per heavy atom. The van der Waals surface area contributed by atoms with Crippen LogP contribution < -0.4 is 4.90 Å². The van der Waals surface area contributed by atoms with Gasteiger partial charge in [0.05, 0.1) is 5.69 Å². The second kappa shape index (κ2) is 4.71. The van der Waals surface area contributed by atoms with E-state index < -0.39 is 0 Å². The van der Waals surface area contributed by atoms with E-state index in [0.29, 0.717) is 5.25 Å². The van der Waals surface area contributed by atoms with Gasteiger partial charge < -0.3 is 4.90 Å². The molecule has 0 bridgehead atoms. The zero-order valence-electron chi connectivity index (χ0n) is 9.96. The monoisotopic (exact) mass is 268 g/mol. The molecule has 17 heavy (non-hydrogen) atoms. The summed E-state index contributed by atoms with van der Waals surface area (Å²) >= 11 is 1.96. The summed E-state index contributed by atoms with van der Waals surface area (Å²) in [6, 6.07) is 0. The van der Waals surface area contributed by atoms with Crippen LogP contribution in [0.4, 0.5) is 5.82 Å². The van der Waals surface area contributed by atoms with Crippen LogP contribution in [0, 0.1) is 0 Å². The number of fused-ring (bicyclic) bond motifs is 1. The summed E-state index contributed by atoms with van der Waals surface area (Å²) in [4.78, 5) is 11.3. The van der Waals surface area contributed by atoms with Gasteiger partial charge in [0.1, 0.15) is 12.1 Å². The third-order valence-electron chi connectivity index (χ3n) is 3.44. The Morgan fingerprint density at radius 2 is 2.06 bits per heavy atom. The Kier molecular flexibility index (Phi) is 3.24. The van der Waals surface area contributed by atoms with Crippen molar-refractivity contribution in [3.63, 3.8) is 0 Å². The highest BCUT2D eigenvalue weighted by atomic mass is 32.2. The maximum absolute atomic E-state index is 4.53. The van der Waals surface area contributed by atoms with E-state index in [9.17, 15) is 0 Å². The number of thioether (sulfide) groups is 1. The fourth-order valence-electron chi connectivity index (χ4n) is 2.43. The van der Waals surface area contributed by atoms with E-state index in [0.717, 1.165) is 31.9 Å². The first-order chi connectivity index (χ1) is 8.25. The SMILES string of the molecule is C[C@H]1SCc2ncnc(N3CCN(P)CC3)c21. The second-order valence-electron chi connectivity index (χ2n) is 4.53. The van der Waals surface area contributed by atoms with Gasteiger partial charge >= 0.3 is 0 Å². The zero-order chi connectivity index (χ0) is 11.8. The number of aromatic nitrogens is 2. The van der Waals surface area contributed by atoms with Crippen molar-refractivity contribution in [3.05, 3.63) is 17.6 Å². The Labute approximate surface area is 108 Å². The molecule has 6 heteroatoms. The molecule has 0 saturated carbocycles. The molecule has 0 spiro atoms. The van der Waals surface area contributed by atoms with Crippen LogP contribution >= 0.6 is 21.2 Å². The molecular weight excluding hydrogens is 251 g/mol. The maximum atomic E-state index is 4.53.